The smallest absolute Gasteiger partial charge is 0.270 e. The summed E-state index contributed by atoms with van der Waals surface area (Å²) in [6, 6.07) is 1.90. The molecule has 0 aromatic carbocycles. The van der Waals surface area contributed by atoms with Crippen LogP contribution in [0.15, 0.2) is 16.7 Å². The van der Waals surface area contributed by atoms with Gasteiger partial charge in [0.2, 0.25) is 0 Å². The minimum atomic E-state index is 0.150. The van der Waals surface area contributed by atoms with Crippen molar-refractivity contribution in [1.82, 2.24) is 9.47 Å². The van der Waals surface area contributed by atoms with E-state index in [1.807, 2.05) is 28.8 Å². The largest absolute Gasteiger partial charge is 0.381 e. The van der Waals surface area contributed by atoms with E-state index in [-0.39, 0.29) is 5.91 Å². The first-order valence-electron chi connectivity index (χ1n) is 6.79. The third kappa shape index (κ3) is 2.46. The Morgan fingerprint density at radius 3 is 2.74 bits per heavy atom. The van der Waals surface area contributed by atoms with Crippen LogP contribution in [0, 0.1) is 5.41 Å². The Labute approximate surface area is 121 Å². The van der Waals surface area contributed by atoms with Crippen molar-refractivity contribution in [1.29, 1.82) is 0 Å². The minimum Gasteiger partial charge on any atom is -0.381 e. The fourth-order valence-electron chi connectivity index (χ4n) is 3.22. The van der Waals surface area contributed by atoms with Crippen LogP contribution < -0.4 is 0 Å². The first kappa shape index (κ1) is 13.2. The summed E-state index contributed by atoms with van der Waals surface area (Å²) in [5.41, 5.74) is 1.08. The number of amides is 1. The van der Waals surface area contributed by atoms with Crippen LogP contribution in [-0.4, -0.2) is 41.7 Å². The lowest BCUT2D eigenvalue weighted by atomic mass is 9.80. The number of rotatable bonds is 1. The Kier molecular flexibility index (Phi) is 3.43. The van der Waals surface area contributed by atoms with E-state index in [1.165, 1.54) is 0 Å². The summed E-state index contributed by atoms with van der Waals surface area (Å²) in [7, 11) is 1.91. The van der Waals surface area contributed by atoms with Gasteiger partial charge in [0.25, 0.3) is 5.91 Å². The van der Waals surface area contributed by atoms with Gasteiger partial charge in [0.1, 0.15) is 5.69 Å². The first-order chi connectivity index (χ1) is 9.10. The number of halogens is 1. The van der Waals surface area contributed by atoms with E-state index in [2.05, 4.69) is 15.9 Å². The molecule has 19 heavy (non-hydrogen) atoms. The zero-order valence-corrected chi connectivity index (χ0v) is 12.8. The molecule has 1 aromatic rings. The van der Waals surface area contributed by atoms with E-state index in [4.69, 9.17) is 4.74 Å². The third-order valence-electron chi connectivity index (χ3n) is 4.47. The van der Waals surface area contributed by atoms with Crippen LogP contribution in [0.3, 0.4) is 0 Å². The fraction of sp³-hybridized carbons (Fsp3) is 0.643. The Morgan fingerprint density at radius 2 is 2.11 bits per heavy atom. The molecule has 104 valence electrons. The molecule has 3 heterocycles. The van der Waals surface area contributed by atoms with Gasteiger partial charge in [-0.3, -0.25) is 4.79 Å². The summed E-state index contributed by atoms with van der Waals surface area (Å²) in [4.78, 5) is 14.6. The fourth-order valence-corrected chi connectivity index (χ4v) is 3.74. The van der Waals surface area contributed by atoms with Crippen molar-refractivity contribution >= 4 is 21.8 Å². The number of carbonyl (C=O) groups excluding carboxylic acids is 1. The summed E-state index contributed by atoms with van der Waals surface area (Å²) < 4.78 is 8.29. The highest BCUT2D eigenvalue weighted by Crippen LogP contribution is 2.40. The SMILES string of the molecule is Cn1cc(Br)cc1C(=O)N1CCC2(CCOCC2)C1. The van der Waals surface area contributed by atoms with Crippen molar-refractivity contribution in [2.45, 2.75) is 19.3 Å². The van der Waals surface area contributed by atoms with Gasteiger partial charge in [-0.1, -0.05) is 0 Å². The van der Waals surface area contributed by atoms with Crippen molar-refractivity contribution in [3.05, 3.63) is 22.4 Å². The van der Waals surface area contributed by atoms with E-state index < -0.39 is 0 Å². The normalized spacial score (nSPS) is 22.1. The molecule has 0 aliphatic carbocycles. The summed E-state index contributed by atoms with van der Waals surface area (Å²) in [6.45, 7) is 3.45. The molecule has 1 amide bonds. The lowest BCUT2D eigenvalue weighted by Gasteiger charge is -2.33. The maximum absolute atomic E-state index is 12.6. The molecule has 4 nitrogen and oxygen atoms in total. The Balaban J connectivity index is 1.74. The third-order valence-corrected chi connectivity index (χ3v) is 4.90. The highest BCUT2D eigenvalue weighted by Gasteiger charge is 2.41. The maximum atomic E-state index is 12.6. The maximum Gasteiger partial charge on any atom is 0.270 e. The second kappa shape index (κ2) is 4.94. The van der Waals surface area contributed by atoms with Crippen LogP contribution in [0.1, 0.15) is 29.8 Å². The second-order valence-electron chi connectivity index (χ2n) is 5.74. The predicted molar refractivity (Wildman–Crippen MR) is 76.1 cm³/mol. The summed E-state index contributed by atoms with van der Waals surface area (Å²) in [5, 5.41) is 0. The second-order valence-corrected chi connectivity index (χ2v) is 6.66. The number of hydrogen-bond donors (Lipinski definition) is 0. The minimum absolute atomic E-state index is 0.150. The van der Waals surface area contributed by atoms with Crippen LogP contribution in [-0.2, 0) is 11.8 Å². The molecule has 2 aliphatic heterocycles. The van der Waals surface area contributed by atoms with Crippen LogP contribution in [0.2, 0.25) is 0 Å². The molecule has 3 rings (SSSR count). The molecule has 0 saturated carbocycles. The average Bonchev–Trinajstić information content (AvgIpc) is 2.94. The summed E-state index contributed by atoms with van der Waals surface area (Å²) >= 11 is 3.42. The van der Waals surface area contributed by atoms with Gasteiger partial charge >= 0.3 is 0 Å². The summed E-state index contributed by atoms with van der Waals surface area (Å²) in [5.74, 6) is 0.150. The summed E-state index contributed by atoms with van der Waals surface area (Å²) in [6.07, 6.45) is 5.22. The van der Waals surface area contributed by atoms with Gasteiger partial charge in [-0.2, -0.15) is 0 Å². The quantitative estimate of drug-likeness (QED) is 0.794. The Hall–Kier alpha value is -0.810. The van der Waals surface area contributed by atoms with E-state index in [0.29, 0.717) is 5.41 Å². The highest BCUT2D eigenvalue weighted by molar-refractivity contribution is 9.10. The molecule has 0 N–H and O–H groups in total. The van der Waals surface area contributed by atoms with Gasteiger partial charge in [0.15, 0.2) is 0 Å². The Morgan fingerprint density at radius 1 is 1.37 bits per heavy atom. The van der Waals surface area contributed by atoms with Crippen LogP contribution >= 0.6 is 15.9 Å². The molecule has 1 spiro atoms. The number of aromatic nitrogens is 1. The zero-order chi connectivity index (χ0) is 13.5. The van der Waals surface area contributed by atoms with Gasteiger partial charge in [-0.05, 0) is 46.7 Å². The number of aryl methyl sites for hydroxylation is 1. The first-order valence-corrected chi connectivity index (χ1v) is 7.58. The van der Waals surface area contributed by atoms with E-state index in [1.54, 1.807) is 0 Å². The van der Waals surface area contributed by atoms with Gasteiger partial charge in [-0.25, -0.2) is 0 Å². The molecule has 0 bridgehead atoms. The highest BCUT2D eigenvalue weighted by atomic mass is 79.9. The van der Waals surface area contributed by atoms with E-state index in [9.17, 15) is 4.79 Å². The van der Waals surface area contributed by atoms with Gasteiger partial charge in [-0.15, -0.1) is 0 Å². The molecular weight excluding hydrogens is 308 g/mol. The monoisotopic (exact) mass is 326 g/mol. The number of hydrogen-bond acceptors (Lipinski definition) is 2. The van der Waals surface area contributed by atoms with Crippen molar-refractivity contribution in [2.24, 2.45) is 12.5 Å². The molecule has 5 heteroatoms. The van der Waals surface area contributed by atoms with Crippen molar-refractivity contribution in [2.75, 3.05) is 26.3 Å². The number of likely N-dealkylation sites (tertiary alicyclic amines) is 1. The van der Waals surface area contributed by atoms with Crippen molar-refractivity contribution in [3.63, 3.8) is 0 Å². The number of ether oxygens (including phenoxy) is 1. The number of carbonyl (C=O) groups is 1. The number of nitrogens with zero attached hydrogens (tertiary/aromatic N) is 2. The van der Waals surface area contributed by atoms with E-state index in [0.717, 1.165) is 55.7 Å². The van der Waals surface area contributed by atoms with Crippen LogP contribution in [0.4, 0.5) is 0 Å². The van der Waals surface area contributed by atoms with E-state index >= 15 is 0 Å². The molecule has 0 radical (unpaired) electrons. The molecular formula is C14H19BrN2O2. The molecule has 2 fully saturated rings. The molecule has 0 unspecified atom stereocenters. The average molecular weight is 327 g/mol. The molecule has 1 aromatic heterocycles. The van der Waals surface area contributed by atoms with Crippen LogP contribution in [0.25, 0.3) is 0 Å². The van der Waals surface area contributed by atoms with Crippen molar-refractivity contribution < 1.29 is 9.53 Å². The van der Waals surface area contributed by atoms with Crippen LogP contribution in [0.5, 0.6) is 0 Å². The van der Waals surface area contributed by atoms with Gasteiger partial charge in [0, 0.05) is 44.0 Å². The molecule has 0 atom stereocenters. The molecule has 2 aliphatic rings. The molecule has 2 saturated heterocycles. The zero-order valence-electron chi connectivity index (χ0n) is 11.2. The topological polar surface area (TPSA) is 34.5 Å². The predicted octanol–water partition coefficient (Wildman–Crippen LogP) is 2.43. The Bertz CT molecular complexity index is 492. The van der Waals surface area contributed by atoms with Gasteiger partial charge in [0.05, 0.1) is 0 Å². The standard InChI is InChI=1S/C14H19BrN2O2/c1-16-9-11(15)8-12(16)13(18)17-5-2-14(10-17)3-6-19-7-4-14/h8-9H,2-7,10H2,1H3. The lowest BCUT2D eigenvalue weighted by molar-refractivity contribution is 0.0190. The van der Waals surface area contributed by atoms with Crippen molar-refractivity contribution in [3.8, 4) is 0 Å². The lowest BCUT2D eigenvalue weighted by Crippen LogP contribution is -2.36. The van der Waals surface area contributed by atoms with Gasteiger partial charge < -0.3 is 14.2 Å².